The second-order valence-electron chi connectivity index (χ2n) is 4.35. The average Bonchev–Trinajstić information content (AvgIpc) is 2.40. The van der Waals surface area contributed by atoms with E-state index in [1.807, 2.05) is 0 Å². The lowest BCUT2D eigenvalue weighted by molar-refractivity contribution is -0.122. The van der Waals surface area contributed by atoms with Crippen LogP contribution in [0.5, 0.6) is 0 Å². The minimum absolute atomic E-state index is 0.108. The number of nitrogens with one attached hydrogen (secondary N) is 1. The zero-order valence-corrected chi connectivity index (χ0v) is 10.5. The van der Waals surface area contributed by atoms with E-state index in [1.165, 1.54) is 10.9 Å². The smallest absolute Gasteiger partial charge is 0.261 e. The molecule has 6 nitrogen and oxygen atoms in total. The molecule has 1 heterocycles. The van der Waals surface area contributed by atoms with Crippen LogP contribution in [-0.4, -0.2) is 33.2 Å². The number of carbonyl (C=O) groups excluding carboxylic acids is 1. The highest BCUT2D eigenvalue weighted by Gasteiger charge is 2.08. The van der Waals surface area contributed by atoms with E-state index in [2.05, 4.69) is 10.3 Å². The third-order valence-electron chi connectivity index (χ3n) is 2.64. The van der Waals surface area contributed by atoms with Gasteiger partial charge in [0, 0.05) is 6.54 Å². The van der Waals surface area contributed by atoms with E-state index in [0.29, 0.717) is 10.9 Å². The van der Waals surface area contributed by atoms with Crippen LogP contribution in [-0.2, 0) is 11.3 Å². The third kappa shape index (κ3) is 3.17. The van der Waals surface area contributed by atoms with Gasteiger partial charge in [-0.2, -0.15) is 0 Å². The van der Waals surface area contributed by atoms with Crippen molar-refractivity contribution in [3.63, 3.8) is 0 Å². The SMILES string of the molecule is CC(O)CNC(=O)Cn1cnc2ccccc2c1=O. The first-order valence-electron chi connectivity index (χ1n) is 5.97. The molecule has 6 heteroatoms. The van der Waals surface area contributed by atoms with Crippen molar-refractivity contribution in [2.75, 3.05) is 6.54 Å². The summed E-state index contributed by atoms with van der Waals surface area (Å²) in [4.78, 5) is 27.8. The number of aliphatic hydroxyl groups is 1. The molecule has 0 aliphatic heterocycles. The zero-order chi connectivity index (χ0) is 13.8. The summed E-state index contributed by atoms with van der Waals surface area (Å²) in [5.41, 5.74) is 0.353. The van der Waals surface area contributed by atoms with Crippen molar-refractivity contribution in [3.8, 4) is 0 Å². The molecule has 0 radical (unpaired) electrons. The van der Waals surface area contributed by atoms with Crippen LogP contribution in [0.25, 0.3) is 10.9 Å². The molecule has 19 heavy (non-hydrogen) atoms. The molecule has 0 fully saturated rings. The highest BCUT2D eigenvalue weighted by molar-refractivity contribution is 5.78. The Balaban J connectivity index is 2.20. The predicted molar refractivity (Wildman–Crippen MR) is 70.7 cm³/mol. The highest BCUT2D eigenvalue weighted by Crippen LogP contribution is 2.04. The number of nitrogens with zero attached hydrogens (tertiary/aromatic N) is 2. The monoisotopic (exact) mass is 261 g/mol. The van der Waals surface area contributed by atoms with Gasteiger partial charge in [-0.3, -0.25) is 14.2 Å². The first-order chi connectivity index (χ1) is 9.08. The molecule has 0 saturated heterocycles. The molecular weight excluding hydrogens is 246 g/mol. The van der Waals surface area contributed by atoms with Crippen LogP contribution in [0, 0.1) is 0 Å². The van der Waals surface area contributed by atoms with E-state index < -0.39 is 6.10 Å². The lowest BCUT2D eigenvalue weighted by Gasteiger charge is -2.09. The Hall–Kier alpha value is -2.21. The normalized spacial score (nSPS) is 12.3. The summed E-state index contributed by atoms with van der Waals surface area (Å²) in [7, 11) is 0. The van der Waals surface area contributed by atoms with Crippen LogP contribution in [0.1, 0.15) is 6.92 Å². The summed E-state index contributed by atoms with van der Waals surface area (Å²) < 4.78 is 1.25. The summed E-state index contributed by atoms with van der Waals surface area (Å²) in [6, 6.07) is 6.97. The maximum absolute atomic E-state index is 12.1. The van der Waals surface area contributed by atoms with Crippen molar-refractivity contribution in [1.82, 2.24) is 14.9 Å². The second-order valence-corrected chi connectivity index (χ2v) is 4.35. The van der Waals surface area contributed by atoms with Gasteiger partial charge in [0.05, 0.1) is 23.3 Å². The van der Waals surface area contributed by atoms with Crippen molar-refractivity contribution in [3.05, 3.63) is 40.9 Å². The fourth-order valence-electron chi connectivity index (χ4n) is 1.69. The maximum atomic E-state index is 12.1. The number of fused-ring (bicyclic) bond motifs is 1. The van der Waals surface area contributed by atoms with Gasteiger partial charge in [-0.1, -0.05) is 12.1 Å². The zero-order valence-electron chi connectivity index (χ0n) is 10.5. The molecule has 2 N–H and O–H groups in total. The number of aromatic nitrogens is 2. The Morgan fingerprint density at radius 3 is 2.95 bits per heavy atom. The van der Waals surface area contributed by atoms with Gasteiger partial charge in [0.1, 0.15) is 6.54 Å². The molecule has 1 amide bonds. The molecule has 2 rings (SSSR count). The van der Waals surface area contributed by atoms with Crippen molar-refractivity contribution in [1.29, 1.82) is 0 Å². The fourth-order valence-corrected chi connectivity index (χ4v) is 1.69. The van der Waals surface area contributed by atoms with Gasteiger partial charge >= 0.3 is 0 Å². The van der Waals surface area contributed by atoms with Crippen LogP contribution < -0.4 is 10.9 Å². The van der Waals surface area contributed by atoms with Gasteiger partial charge in [-0.25, -0.2) is 4.98 Å². The molecule has 1 unspecified atom stereocenters. The van der Waals surface area contributed by atoms with Gasteiger partial charge < -0.3 is 10.4 Å². The Bertz CT molecular complexity index is 649. The van der Waals surface area contributed by atoms with Crippen molar-refractivity contribution >= 4 is 16.8 Å². The van der Waals surface area contributed by atoms with Crippen molar-refractivity contribution < 1.29 is 9.90 Å². The van der Waals surface area contributed by atoms with Crippen molar-refractivity contribution in [2.24, 2.45) is 0 Å². The van der Waals surface area contributed by atoms with Gasteiger partial charge in [-0.05, 0) is 19.1 Å². The molecule has 0 aliphatic rings. The van der Waals surface area contributed by atoms with Crippen LogP contribution in [0.4, 0.5) is 0 Å². The van der Waals surface area contributed by atoms with E-state index in [0.717, 1.165) is 0 Å². The third-order valence-corrected chi connectivity index (χ3v) is 2.64. The highest BCUT2D eigenvalue weighted by atomic mass is 16.3. The predicted octanol–water partition coefficient (Wildman–Crippen LogP) is -0.107. The van der Waals surface area contributed by atoms with Gasteiger partial charge in [0.25, 0.3) is 5.56 Å². The first-order valence-corrected chi connectivity index (χ1v) is 5.97. The number of hydrogen-bond acceptors (Lipinski definition) is 4. The number of aliphatic hydroxyl groups excluding tert-OH is 1. The number of carbonyl (C=O) groups is 1. The van der Waals surface area contributed by atoms with Gasteiger partial charge in [0.15, 0.2) is 0 Å². The topological polar surface area (TPSA) is 84.2 Å². The van der Waals surface area contributed by atoms with E-state index in [9.17, 15) is 9.59 Å². The standard InChI is InChI=1S/C13H15N3O3/c1-9(17)6-14-12(18)7-16-8-15-11-5-3-2-4-10(11)13(16)19/h2-5,8-9,17H,6-7H2,1H3,(H,14,18). The molecule has 2 aromatic rings. The van der Waals surface area contributed by atoms with Gasteiger partial charge in [-0.15, -0.1) is 0 Å². The molecule has 1 aromatic carbocycles. The minimum atomic E-state index is -0.615. The molecular formula is C13H15N3O3. The molecule has 0 saturated carbocycles. The van der Waals surface area contributed by atoms with E-state index in [4.69, 9.17) is 5.11 Å². The summed E-state index contributed by atoms with van der Waals surface area (Å²) >= 11 is 0. The summed E-state index contributed by atoms with van der Waals surface area (Å²) in [6.07, 6.45) is 0.738. The van der Waals surface area contributed by atoms with Crippen LogP contribution >= 0.6 is 0 Å². The number of para-hydroxylation sites is 1. The number of amides is 1. The number of hydrogen-bond donors (Lipinski definition) is 2. The molecule has 1 aromatic heterocycles. The largest absolute Gasteiger partial charge is 0.392 e. The Labute approximate surface area is 109 Å². The van der Waals surface area contributed by atoms with Crippen LogP contribution in [0.3, 0.4) is 0 Å². The summed E-state index contributed by atoms with van der Waals surface area (Å²) in [5.74, 6) is -0.333. The van der Waals surface area contributed by atoms with E-state index >= 15 is 0 Å². The fraction of sp³-hybridized carbons (Fsp3) is 0.308. The molecule has 0 bridgehead atoms. The lowest BCUT2D eigenvalue weighted by Crippen LogP contribution is -2.35. The number of rotatable bonds is 4. The van der Waals surface area contributed by atoms with E-state index in [1.54, 1.807) is 31.2 Å². The Morgan fingerprint density at radius 2 is 2.21 bits per heavy atom. The lowest BCUT2D eigenvalue weighted by atomic mass is 10.2. The first kappa shape index (κ1) is 13.2. The summed E-state index contributed by atoms with van der Waals surface area (Å²) in [6.45, 7) is 1.63. The Morgan fingerprint density at radius 1 is 1.47 bits per heavy atom. The Kier molecular flexibility index (Phi) is 3.91. The minimum Gasteiger partial charge on any atom is -0.392 e. The van der Waals surface area contributed by atoms with Crippen LogP contribution in [0.15, 0.2) is 35.4 Å². The molecule has 0 aliphatic carbocycles. The van der Waals surface area contributed by atoms with Gasteiger partial charge in [0.2, 0.25) is 5.91 Å². The molecule has 0 spiro atoms. The quantitative estimate of drug-likeness (QED) is 0.804. The molecule has 1 atom stereocenters. The number of benzene rings is 1. The maximum Gasteiger partial charge on any atom is 0.261 e. The second kappa shape index (κ2) is 5.62. The average molecular weight is 261 g/mol. The van der Waals surface area contributed by atoms with Crippen LogP contribution in [0.2, 0.25) is 0 Å². The van der Waals surface area contributed by atoms with E-state index in [-0.39, 0.29) is 24.6 Å². The summed E-state index contributed by atoms with van der Waals surface area (Å²) in [5, 5.41) is 12.1. The van der Waals surface area contributed by atoms with Crippen molar-refractivity contribution in [2.45, 2.75) is 19.6 Å². The molecule has 100 valence electrons.